The molecule has 0 bridgehead atoms. The number of hydrogen-bond donors (Lipinski definition) is 2. The second-order valence-corrected chi connectivity index (χ2v) is 5.92. The van der Waals surface area contributed by atoms with Gasteiger partial charge < -0.3 is 10.3 Å². The first-order valence-electron chi connectivity index (χ1n) is 7.49. The molecular weight excluding hydrogens is 308 g/mol. The average molecular weight is 326 g/mol. The van der Waals surface area contributed by atoms with E-state index in [2.05, 4.69) is 20.3 Å². The maximum Gasteiger partial charge on any atom is 0.254 e. The number of rotatable bonds is 6. The van der Waals surface area contributed by atoms with E-state index in [0.717, 1.165) is 34.7 Å². The second kappa shape index (κ2) is 7.28. The first kappa shape index (κ1) is 15.6. The first-order valence-corrected chi connectivity index (χ1v) is 8.71. The summed E-state index contributed by atoms with van der Waals surface area (Å²) < 4.78 is 0. The molecular formula is C17H18N4OS. The van der Waals surface area contributed by atoms with E-state index in [1.807, 2.05) is 30.5 Å². The number of nitrogens with one attached hydrogen (secondary N) is 2. The van der Waals surface area contributed by atoms with Crippen molar-refractivity contribution in [2.24, 2.45) is 0 Å². The van der Waals surface area contributed by atoms with Crippen molar-refractivity contribution in [2.45, 2.75) is 17.9 Å². The summed E-state index contributed by atoms with van der Waals surface area (Å²) in [4.78, 5) is 24.2. The van der Waals surface area contributed by atoms with Crippen molar-refractivity contribution in [3.8, 4) is 0 Å². The Labute approximate surface area is 138 Å². The van der Waals surface area contributed by atoms with Crippen LogP contribution in [-0.2, 0) is 6.42 Å². The minimum absolute atomic E-state index is 0.0768. The molecule has 2 N–H and O–H groups in total. The van der Waals surface area contributed by atoms with Crippen LogP contribution in [0.1, 0.15) is 22.6 Å². The lowest BCUT2D eigenvalue weighted by molar-refractivity contribution is 0.0949. The Morgan fingerprint density at radius 3 is 2.96 bits per heavy atom. The third-order valence-electron chi connectivity index (χ3n) is 3.52. The van der Waals surface area contributed by atoms with Crippen molar-refractivity contribution in [3.63, 3.8) is 0 Å². The molecule has 0 radical (unpaired) electrons. The molecule has 5 nitrogen and oxygen atoms in total. The minimum Gasteiger partial charge on any atom is -0.352 e. The molecule has 6 heteroatoms. The van der Waals surface area contributed by atoms with Crippen LogP contribution in [0.3, 0.4) is 0 Å². The van der Waals surface area contributed by atoms with Crippen molar-refractivity contribution in [2.75, 3.05) is 12.8 Å². The third kappa shape index (κ3) is 3.71. The highest BCUT2D eigenvalue weighted by Gasteiger charge is 2.10. The van der Waals surface area contributed by atoms with E-state index in [4.69, 9.17) is 0 Å². The van der Waals surface area contributed by atoms with Crippen LogP contribution < -0.4 is 5.32 Å². The molecule has 0 saturated carbocycles. The maximum absolute atomic E-state index is 12.2. The second-order valence-electron chi connectivity index (χ2n) is 5.12. The number of H-pyrrole nitrogens is 1. The molecule has 3 rings (SSSR count). The van der Waals surface area contributed by atoms with Gasteiger partial charge in [-0.3, -0.25) is 4.79 Å². The molecule has 0 aliphatic rings. The highest BCUT2D eigenvalue weighted by Crippen LogP contribution is 2.16. The Hall–Kier alpha value is -2.34. The molecule has 0 spiro atoms. The van der Waals surface area contributed by atoms with Gasteiger partial charge in [-0.2, -0.15) is 0 Å². The fourth-order valence-electron chi connectivity index (χ4n) is 2.40. The van der Waals surface area contributed by atoms with E-state index in [9.17, 15) is 4.79 Å². The summed E-state index contributed by atoms with van der Waals surface area (Å²) in [5.74, 6) is 0.874. The third-order valence-corrected chi connectivity index (χ3v) is 4.24. The van der Waals surface area contributed by atoms with Gasteiger partial charge in [0.1, 0.15) is 10.9 Å². The highest BCUT2D eigenvalue weighted by molar-refractivity contribution is 7.98. The Bertz CT molecular complexity index is 782. The van der Waals surface area contributed by atoms with E-state index in [0.29, 0.717) is 12.1 Å². The number of nitrogens with zero attached hydrogens (tertiary/aromatic N) is 2. The average Bonchev–Trinajstić information content (AvgIpc) is 3.01. The van der Waals surface area contributed by atoms with Crippen molar-refractivity contribution < 1.29 is 4.79 Å². The van der Waals surface area contributed by atoms with E-state index in [1.165, 1.54) is 11.8 Å². The number of para-hydroxylation sites is 2. The van der Waals surface area contributed by atoms with Crippen LogP contribution in [0.25, 0.3) is 11.0 Å². The number of imidazole rings is 1. The number of carbonyl (C=O) groups is 1. The topological polar surface area (TPSA) is 70.7 Å². The van der Waals surface area contributed by atoms with E-state index >= 15 is 0 Å². The predicted octanol–water partition coefficient (Wildman–Crippen LogP) is 3.04. The Morgan fingerprint density at radius 1 is 1.26 bits per heavy atom. The van der Waals surface area contributed by atoms with E-state index in [-0.39, 0.29) is 5.91 Å². The predicted molar refractivity (Wildman–Crippen MR) is 92.8 cm³/mol. The van der Waals surface area contributed by atoms with Crippen molar-refractivity contribution in [1.82, 2.24) is 20.3 Å². The van der Waals surface area contributed by atoms with Gasteiger partial charge in [0.05, 0.1) is 16.6 Å². The molecule has 23 heavy (non-hydrogen) atoms. The lowest BCUT2D eigenvalue weighted by atomic mass is 10.2. The summed E-state index contributed by atoms with van der Waals surface area (Å²) >= 11 is 1.48. The van der Waals surface area contributed by atoms with Crippen molar-refractivity contribution >= 4 is 28.7 Å². The van der Waals surface area contributed by atoms with Gasteiger partial charge >= 0.3 is 0 Å². The number of pyridine rings is 1. The molecule has 0 fully saturated rings. The normalized spacial score (nSPS) is 10.8. The number of aromatic nitrogens is 3. The lowest BCUT2D eigenvalue weighted by Crippen LogP contribution is -2.25. The van der Waals surface area contributed by atoms with Crippen LogP contribution in [0, 0.1) is 0 Å². The molecule has 2 aromatic heterocycles. The van der Waals surface area contributed by atoms with Crippen LogP contribution in [0.15, 0.2) is 47.6 Å². The van der Waals surface area contributed by atoms with Gasteiger partial charge in [-0.05, 0) is 36.9 Å². The molecule has 1 aromatic carbocycles. The van der Waals surface area contributed by atoms with Crippen molar-refractivity contribution in [1.29, 1.82) is 0 Å². The van der Waals surface area contributed by atoms with Gasteiger partial charge in [-0.25, -0.2) is 9.97 Å². The first-order chi connectivity index (χ1) is 11.3. The molecule has 118 valence electrons. The molecule has 0 atom stereocenters. The monoisotopic (exact) mass is 326 g/mol. The van der Waals surface area contributed by atoms with Gasteiger partial charge in [0.25, 0.3) is 5.91 Å². The number of aryl methyl sites for hydroxylation is 1. The molecule has 0 aliphatic heterocycles. The summed E-state index contributed by atoms with van der Waals surface area (Å²) in [5, 5.41) is 3.70. The molecule has 2 heterocycles. The van der Waals surface area contributed by atoms with Gasteiger partial charge in [0, 0.05) is 19.2 Å². The number of aromatic amines is 1. The van der Waals surface area contributed by atoms with Crippen LogP contribution in [0.5, 0.6) is 0 Å². The van der Waals surface area contributed by atoms with Crippen LogP contribution in [0.4, 0.5) is 0 Å². The molecule has 1 amide bonds. The highest BCUT2D eigenvalue weighted by atomic mass is 32.2. The van der Waals surface area contributed by atoms with Crippen LogP contribution in [-0.4, -0.2) is 33.7 Å². The Morgan fingerprint density at radius 2 is 2.13 bits per heavy atom. The minimum atomic E-state index is -0.0768. The summed E-state index contributed by atoms with van der Waals surface area (Å²) in [6, 6.07) is 11.5. The number of fused-ring (bicyclic) bond motifs is 1. The van der Waals surface area contributed by atoms with Gasteiger partial charge in [0.15, 0.2) is 0 Å². The zero-order valence-corrected chi connectivity index (χ0v) is 13.7. The standard InChI is InChI=1S/C17H18N4OS/c1-23-17-12(6-4-11-19-17)16(22)18-10-5-9-15-20-13-7-2-3-8-14(13)21-15/h2-4,6-8,11H,5,9-10H2,1H3,(H,18,22)(H,20,21). The summed E-state index contributed by atoms with van der Waals surface area (Å²) in [6.45, 7) is 0.610. The summed E-state index contributed by atoms with van der Waals surface area (Å²) in [5.41, 5.74) is 2.65. The van der Waals surface area contributed by atoms with Gasteiger partial charge in [-0.1, -0.05) is 12.1 Å². The number of thioether (sulfide) groups is 1. The zero-order valence-electron chi connectivity index (χ0n) is 12.9. The number of carbonyl (C=O) groups excluding carboxylic acids is 1. The number of hydrogen-bond acceptors (Lipinski definition) is 4. The quantitative estimate of drug-likeness (QED) is 0.539. The molecule has 0 unspecified atom stereocenters. The molecule has 0 saturated heterocycles. The molecule has 0 aliphatic carbocycles. The fourth-order valence-corrected chi connectivity index (χ4v) is 2.95. The largest absolute Gasteiger partial charge is 0.352 e. The van der Waals surface area contributed by atoms with Gasteiger partial charge in [0.2, 0.25) is 0 Å². The zero-order chi connectivity index (χ0) is 16.1. The summed E-state index contributed by atoms with van der Waals surface area (Å²) in [7, 11) is 0. The van der Waals surface area contributed by atoms with E-state index < -0.39 is 0 Å². The summed E-state index contributed by atoms with van der Waals surface area (Å²) in [6.07, 6.45) is 5.25. The smallest absolute Gasteiger partial charge is 0.254 e. The number of amides is 1. The fraction of sp³-hybridized carbons (Fsp3) is 0.235. The van der Waals surface area contributed by atoms with Gasteiger partial charge in [-0.15, -0.1) is 11.8 Å². The molecule has 3 aromatic rings. The lowest BCUT2D eigenvalue weighted by Gasteiger charge is -2.07. The maximum atomic E-state index is 12.2. The SMILES string of the molecule is CSc1ncccc1C(=O)NCCCc1nc2ccccc2[nH]1. The Balaban J connectivity index is 1.52. The van der Waals surface area contributed by atoms with E-state index in [1.54, 1.807) is 18.3 Å². The van der Waals surface area contributed by atoms with Crippen LogP contribution >= 0.6 is 11.8 Å². The number of benzene rings is 1. The Kier molecular flexibility index (Phi) is 4.92. The van der Waals surface area contributed by atoms with Crippen LogP contribution in [0.2, 0.25) is 0 Å². The van der Waals surface area contributed by atoms with Crippen molar-refractivity contribution in [3.05, 3.63) is 54.0 Å².